The predicted octanol–water partition coefficient (Wildman–Crippen LogP) is 1.78. The van der Waals surface area contributed by atoms with Gasteiger partial charge in [0.25, 0.3) is 11.4 Å². The van der Waals surface area contributed by atoms with Crippen LogP contribution in [0, 0.1) is 30.3 Å². The van der Waals surface area contributed by atoms with Crippen molar-refractivity contribution in [3.63, 3.8) is 0 Å². The second kappa shape index (κ2) is 7.26. The van der Waals surface area contributed by atoms with Crippen LogP contribution in [0.1, 0.15) is 0 Å². The van der Waals surface area contributed by atoms with Crippen LogP contribution in [0.15, 0.2) is 36.5 Å². The fourth-order valence-electron chi connectivity index (χ4n) is 1.35. The Labute approximate surface area is 127 Å². The average molecular weight is 323 g/mol. The first-order valence-corrected chi connectivity index (χ1v) is 5.70. The van der Waals surface area contributed by atoms with E-state index < -0.39 is 37.6 Å². The summed E-state index contributed by atoms with van der Waals surface area (Å²) in [6, 6.07) is 6.32. The van der Waals surface area contributed by atoms with Gasteiger partial charge in [0.05, 0.1) is 26.9 Å². The summed E-state index contributed by atoms with van der Waals surface area (Å²) in [6.45, 7) is 0. The van der Waals surface area contributed by atoms with E-state index in [-0.39, 0.29) is 0 Å². The van der Waals surface area contributed by atoms with Crippen molar-refractivity contribution < 1.29 is 19.9 Å². The van der Waals surface area contributed by atoms with Gasteiger partial charge in [-0.1, -0.05) is 6.07 Å². The van der Waals surface area contributed by atoms with E-state index in [4.69, 9.17) is 10.8 Å². The minimum atomic E-state index is -1.21. The number of nitrogen functional groups attached to an aromatic ring is 1. The number of pyridine rings is 1. The van der Waals surface area contributed by atoms with Crippen molar-refractivity contribution in [2.45, 2.75) is 0 Å². The highest BCUT2D eigenvalue weighted by atomic mass is 16.6. The molecule has 0 aliphatic rings. The number of nitrogens with two attached hydrogens (primary N) is 1. The average Bonchev–Trinajstić information content (AvgIpc) is 2.48. The monoisotopic (exact) mass is 323 g/mol. The highest BCUT2D eigenvalue weighted by Crippen LogP contribution is 2.38. The smallest absolute Gasteiger partial charge is 0.324 e. The molecule has 0 atom stereocenters. The minimum Gasteiger partial charge on any atom is -0.497 e. The molecule has 1 aromatic carbocycles. The molecule has 12 nitrogen and oxygen atoms in total. The number of benzene rings is 1. The van der Waals surface area contributed by atoms with Gasteiger partial charge in [-0.05, 0) is 12.1 Å². The number of aromatic nitrogens is 1. The highest BCUT2D eigenvalue weighted by Gasteiger charge is 2.30. The molecule has 0 aliphatic heterocycles. The lowest BCUT2D eigenvalue weighted by molar-refractivity contribution is -0.404. The summed E-state index contributed by atoms with van der Waals surface area (Å²) in [5, 5.41) is 40.2. The standard InChI is InChI=1S/C6H3N3O7.C5H6N2/c10-6-4(8(13)14)1-3(7(11)12)2-5(6)9(15)16;6-5-3-1-2-4-7-5/h1-2,10H;1-4H,(H2,6,7). The van der Waals surface area contributed by atoms with Crippen molar-refractivity contribution in [2.75, 3.05) is 5.73 Å². The zero-order valence-corrected chi connectivity index (χ0v) is 11.2. The lowest BCUT2D eigenvalue weighted by Crippen LogP contribution is -1.97. The summed E-state index contributed by atoms with van der Waals surface area (Å²) in [5.74, 6) is -0.636. The number of phenolic OH excluding ortho intramolecular Hbond substituents is 1. The molecule has 2 aromatic rings. The zero-order chi connectivity index (χ0) is 17.6. The molecule has 0 fully saturated rings. The molecule has 12 heteroatoms. The van der Waals surface area contributed by atoms with Gasteiger partial charge in [-0.25, -0.2) is 4.98 Å². The van der Waals surface area contributed by atoms with E-state index >= 15 is 0 Å². The van der Waals surface area contributed by atoms with Crippen LogP contribution >= 0.6 is 0 Å². The minimum absolute atomic E-state index is 0.447. The normalized spacial score (nSPS) is 9.39. The maximum Gasteiger partial charge on any atom is 0.324 e. The Balaban J connectivity index is 0.000000313. The van der Waals surface area contributed by atoms with Crippen LogP contribution in [-0.4, -0.2) is 24.9 Å². The molecule has 0 saturated heterocycles. The van der Waals surface area contributed by atoms with Crippen molar-refractivity contribution in [2.24, 2.45) is 0 Å². The van der Waals surface area contributed by atoms with E-state index in [1.165, 1.54) is 0 Å². The zero-order valence-electron chi connectivity index (χ0n) is 11.2. The quantitative estimate of drug-likeness (QED) is 0.626. The number of anilines is 1. The molecular weight excluding hydrogens is 314 g/mol. The molecule has 0 unspecified atom stereocenters. The van der Waals surface area contributed by atoms with Crippen LogP contribution in [0.3, 0.4) is 0 Å². The van der Waals surface area contributed by atoms with Gasteiger partial charge < -0.3 is 10.8 Å². The highest BCUT2D eigenvalue weighted by molar-refractivity contribution is 5.64. The van der Waals surface area contributed by atoms with Gasteiger partial charge in [0.15, 0.2) is 0 Å². The number of nitro benzene ring substituents is 3. The van der Waals surface area contributed by atoms with Gasteiger partial charge in [0.2, 0.25) is 0 Å². The maximum absolute atomic E-state index is 10.4. The van der Waals surface area contributed by atoms with Crippen molar-refractivity contribution in [3.8, 4) is 5.75 Å². The maximum atomic E-state index is 10.4. The lowest BCUT2D eigenvalue weighted by atomic mass is 10.2. The van der Waals surface area contributed by atoms with Crippen molar-refractivity contribution in [1.82, 2.24) is 4.98 Å². The summed E-state index contributed by atoms with van der Waals surface area (Å²) in [7, 11) is 0. The summed E-state index contributed by atoms with van der Waals surface area (Å²) < 4.78 is 0. The molecule has 0 spiro atoms. The van der Waals surface area contributed by atoms with Gasteiger partial charge in [-0.3, -0.25) is 30.3 Å². The molecule has 0 bridgehead atoms. The third kappa shape index (κ3) is 4.59. The second-order valence-corrected chi connectivity index (χ2v) is 3.86. The molecule has 120 valence electrons. The Hall–Kier alpha value is -3.83. The van der Waals surface area contributed by atoms with Crippen LogP contribution in [0.2, 0.25) is 0 Å². The number of aromatic hydroxyl groups is 1. The second-order valence-electron chi connectivity index (χ2n) is 3.86. The predicted molar refractivity (Wildman–Crippen MR) is 76.7 cm³/mol. The van der Waals surface area contributed by atoms with Gasteiger partial charge in [0, 0.05) is 6.20 Å². The molecule has 23 heavy (non-hydrogen) atoms. The van der Waals surface area contributed by atoms with Gasteiger partial charge >= 0.3 is 11.4 Å². The van der Waals surface area contributed by atoms with Crippen molar-refractivity contribution in [1.29, 1.82) is 0 Å². The number of phenols is 1. The molecule has 0 saturated carbocycles. The molecule has 0 radical (unpaired) electrons. The number of nitrogens with zero attached hydrogens (tertiary/aromatic N) is 4. The van der Waals surface area contributed by atoms with Crippen molar-refractivity contribution in [3.05, 3.63) is 66.9 Å². The third-order valence-corrected chi connectivity index (χ3v) is 2.35. The van der Waals surface area contributed by atoms with E-state index in [2.05, 4.69) is 4.98 Å². The number of non-ortho nitro benzene ring substituents is 1. The Bertz CT molecular complexity index is 715. The summed E-state index contributed by atoms with van der Waals surface area (Å²) >= 11 is 0. The summed E-state index contributed by atoms with van der Waals surface area (Å²) in [4.78, 5) is 31.5. The molecule has 3 N–H and O–H groups in total. The van der Waals surface area contributed by atoms with E-state index in [9.17, 15) is 30.3 Å². The molecule has 0 amide bonds. The van der Waals surface area contributed by atoms with Crippen LogP contribution < -0.4 is 5.73 Å². The summed E-state index contributed by atoms with van der Waals surface area (Å²) in [6.07, 6.45) is 1.66. The number of hydrogen-bond acceptors (Lipinski definition) is 9. The van der Waals surface area contributed by atoms with E-state index in [1.807, 2.05) is 12.1 Å². The molecule has 0 aliphatic carbocycles. The fraction of sp³-hybridized carbons (Fsp3) is 0. The van der Waals surface area contributed by atoms with Gasteiger partial charge in [-0.2, -0.15) is 0 Å². The van der Waals surface area contributed by atoms with E-state index in [0.717, 1.165) is 0 Å². The Morgan fingerprint density at radius 2 is 1.48 bits per heavy atom. The number of rotatable bonds is 3. The molecule has 2 rings (SSSR count). The van der Waals surface area contributed by atoms with Crippen molar-refractivity contribution >= 4 is 22.9 Å². The largest absolute Gasteiger partial charge is 0.497 e. The van der Waals surface area contributed by atoms with Crippen LogP contribution in [0.5, 0.6) is 5.75 Å². The Kier molecular flexibility index (Phi) is 5.43. The van der Waals surface area contributed by atoms with E-state index in [1.54, 1.807) is 12.3 Å². The van der Waals surface area contributed by atoms with Crippen LogP contribution in [0.4, 0.5) is 22.9 Å². The Morgan fingerprint density at radius 1 is 0.957 bits per heavy atom. The fourth-order valence-corrected chi connectivity index (χ4v) is 1.35. The molecular formula is C11H9N5O7. The first-order chi connectivity index (χ1) is 10.7. The van der Waals surface area contributed by atoms with Gasteiger partial charge in [-0.15, -0.1) is 0 Å². The third-order valence-electron chi connectivity index (χ3n) is 2.35. The number of nitro groups is 3. The number of hydrogen-bond donors (Lipinski definition) is 2. The van der Waals surface area contributed by atoms with Crippen LogP contribution in [-0.2, 0) is 0 Å². The van der Waals surface area contributed by atoms with E-state index in [0.29, 0.717) is 18.0 Å². The molecule has 1 aromatic heterocycles. The topological polar surface area (TPSA) is 189 Å². The van der Waals surface area contributed by atoms with Crippen LogP contribution in [0.25, 0.3) is 0 Å². The SMILES string of the molecule is Nc1ccccn1.O=[N+]([O-])c1cc([N+](=O)[O-])c(O)c([N+](=O)[O-])c1. The lowest BCUT2D eigenvalue weighted by Gasteiger charge is -1.97. The first kappa shape index (κ1) is 17.2. The van der Waals surface area contributed by atoms with Gasteiger partial charge in [0.1, 0.15) is 5.82 Å². The molecule has 1 heterocycles. The first-order valence-electron chi connectivity index (χ1n) is 5.70. The summed E-state index contributed by atoms with van der Waals surface area (Å²) in [5.41, 5.74) is 2.24. The Morgan fingerprint density at radius 3 is 1.74 bits per heavy atom.